The van der Waals surface area contributed by atoms with Gasteiger partial charge in [0.05, 0.1) is 11.1 Å². The molecule has 3 N–H and O–H groups in total. The maximum Gasteiger partial charge on any atom is 0.320 e. The van der Waals surface area contributed by atoms with Crippen LogP contribution in [0.1, 0.15) is 12.5 Å². The number of rotatable bonds is 5. The second-order valence-corrected chi connectivity index (χ2v) is 5.68. The molecule has 2 heterocycles. The molecule has 0 saturated carbocycles. The average molecular weight is 367 g/mol. The lowest BCUT2D eigenvalue weighted by Crippen LogP contribution is -2.28. The number of aromatic nitrogens is 3. The molecule has 1 aromatic carbocycles. The maximum absolute atomic E-state index is 11.6. The summed E-state index contributed by atoms with van der Waals surface area (Å²) in [5.41, 5.74) is 1.84. The Balaban J connectivity index is 1.90. The number of pyridine rings is 1. The first kappa shape index (κ1) is 18.0. The fraction of sp³-hybridized carbons (Fsp3) is 0.176. The number of nitro groups is 1. The summed E-state index contributed by atoms with van der Waals surface area (Å²) in [6.45, 7) is 4.07. The minimum absolute atomic E-state index is 0.0588. The second kappa shape index (κ2) is 7.60. The molecule has 2 amide bonds. The zero-order chi connectivity index (χ0) is 19.4. The van der Waals surface area contributed by atoms with Crippen molar-refractivity contribution in [2.75, 3.05) is 17.2 Å². The van der Waals surface area contributed by atoms with E-state index in [9.17, 15) is 14.9 Å². The summed E-state index contributed by atoms with van der Waals surface area (Å²) in [6, 6.07) is 7.76. The number of anilines is 3. The average Bonchev–Trinajstić information content (AvgIpc) is 2.63. The van der Waals surface area contributed by atoms with Gasteiger partial charge in [-0.05, 0) is 37.6 Å². The van der Waals surface area contributed by atoms with E-state index in [0.29, 0.717) is 35.0 Å². The summed E-state index contributed by atoms with van der Waals surface area (Å²) in [4.78, 5) is 35.2. The number of benzene rings is 1. The summed E-state index contributed by atoms with van der Waals surface area (Å²) in [5.74, 6) is 0.623. The number of carbonyl (C=O) groups is 1. The molecule has 138 valence electrons. The fourth-order valence-corrected chi connectivity index (χ4v) is 2.39. The van der Waals surface area contributed by atoms with Gasteiger partial charge in [0.2, 0.25) is 0 Å². The lowest BCUT2D eigenvalue weighted by atomic mass is 10.2. The van der Waals surface area contributed by atoms with Crippen LogP contribution in [0.15, 0.2) is 36.5 Å². The molecule has 2 aromatic heterocycles. The molecule has 3 aromatic rings. The Morgan fingerprint density at radius 3 is 2.70 bits per heavy atom. The zero-order valence-electron chi connectivity index (χ0n) is 14.7. The monoisotopic (exact) mass is 367 g/mol. The Morgan fingerprint density at radius 1 is 1.19 bits per heavy atom. The van der Waals surface area contributed by atoms with Crippen molar-refractivity contribution in [2.24, 2.45) is 0 Å². The Bertz CT molecular complexity index is 1020. The van der Waals surface area contributed by atoms with E-state index in [-0.39, 0.29) is 11.7 Å². The van der Waals surface area contributed by atoms with Crippen molar-refractivity contribution in [3.05, 3.63) is 52.2 Å². The van der Waals surface area contributed by atoms with Crippen molar-refractivity contribution >= 4 is 40.2 Å². The highest BCUT2D eigenvalue weighted by atomic mass is 16.6. The number of hydrogen-bond donors (Lipinski definition) is 3. The van der Waals surface area contributed by atoms with Crippen LogP contribution in [0.4, 0.5) is 27.8 Å². The van der Waals surface area contributed by atoms with Gasteiger partial charge in [-0.15, -0.1) is 0 Å². The van der Waals surface area contributed by atoms with Gasteiger partial charge in [0.1, 0.15) is 17.0 Å². The number of amides is 2. The molecular formula is C17H17N7O3. The van der Waals surface area contributed by atoms with Gasteiger partial charge in [0, 0.05) is 12.6 Å². The summed E-state index contributed by atoms with van der Waals surface area (Å²) < 4.78 is 0. The predicted molar refractivity (Wildman–Crippen MR) is 101 cm³/mol. The number of nitrogens with zero attached hydrogens (tertiary/aromatic N) is 4. The third kappa shape index (κ3) is 4.24. The Morgan fingerprint density at radius 2 is 1.96 bits per heavy atom. The lowest BCUT2D eigenvalue weighted by Gasteiger charge is -2.08. The quantitative estimate of drug-likeness (QED) is 0.465. The number of nitro benzene ring substituents is 1. The van der Waals surface area contributed by atoms with Gasteiger partial charge in [0.25, 0.3) is 5.69 Å². The van der Waals surface area contributed by atoms with Crippen molar-refractivity contribution in [3.8, 4) is 0 Å². The van der Waals surface area contributed by atoms with Gasteiger partial charge in [0.15, 0.2) is 11.5 Å². The van der Waals surface area contributed by atoms with E-state index in [0.717, 1.165) is 5.56 Å². The largest absolute Gasteiger partial charge is 0.338 e. The standard InChI is InChI=1S/C17H17N7O3/c1-3-18-17(25)23-14-7-6-12-16(21-14)22-15(9-19-12)20-11-5-4-10(2)8-13(11)24(26)27/h4-9H,3H2,1-2H3,(H3,18,20,21,22,23,25). The molecular weight excluding hydrogens is 350 g/mol. The molecule has 0 spiro atoms. The Hall–Kier alpha value is -3.82. The molecule has 0 fully saturated rings. The minimum atomic E-state index is -0.462. The van der Waals surface area contributed by atoms with E-state index in [1.54, 1.807) is 38.1 Å². The molecule has 0 unspecified atom stereocenters. The minimum Gasteiger partial charge on any atom is -0.338 e. The van der Waals surface area contributed by atoms with Crippen molar-refractivity contribution in [1.29, 1.82) is 0 Å². The van der Waals surface area contributed by atoms with E-state index in [2.05, 4.69) is 30.9 Å². The first-order valence-corrected chi connectivity index (χ1v) is 8.17. The van der Waals surface area contributed by atoms with Crippen LogP contribution in [-0.2, 0) is 0 Å². The summed E-state index contributed by atoms with van der Waals surface area (Å²) in [6.07, 6.45) is 1.46. The van der Waals surface area contributed by atoms with Gasteiger partial charge in [-0.1, -0.05) is 6.07 Å². The van der Waals surface area contributed by atoms with Crippen LogP contribution >= 0.6 is 0 Å². The first-order valence-electron chi connectivity index (χ1n) is 8.17. The third-order valence-corrected chi connectivity index (χ3v) is 3.60. The summed E-state index contributed by atoms with van der Waals surface area (Å²) in [7, 11) is 0. The predicted octanol–water partition coefficient (Wildman–Crippen LogP) is 3.13. The van der Waals surface area contributed by atoms with Crippen LogP contribution in [0, 0.1) is 17.0 Å². The molecule has 10 nitrogen and oxygen atoms in total. The Kier molecular flexibility index (Phi) is 5.06. The van der Waals surface area contributed by atoms with Crippen LogP contribution in [0.25, 0.3) is 11.2 Å². The fourth-order valence-electron chi connectivity index (χ4n) is 2.39. The van der Waals surface area contributed by atoms with Gasteiger partial charge < -0.3 is 10.6 Å². The molecule has 27 heavy (non-hydrogen) atoms. The van der Waals surface area contributed by atoms with E-state index < -0.39 is 4.92 Å². The highest BCUT2D eigenvalue weighted by Crippen LogP contribution is 2.28. The second-order valence-electron chi connectivity index (χ2n) is 5.68. The van der Waals surface area contributed by atoms with E-state index >= 15 is 0 Å². The van der Waals surface area contributed by atoms with Crippen LogP contribution < -0.4 is 16.0 Å². The van der Waals surface area contributed by atoms with Crippen molar-refractivity contribution in [1.82, 2.24) is 20.3 Å². The highest BCUT2D eigenvalue weighted by Gasteiger charge is 2.15. The number of carbonyl (C=O) groups excluding carboxylic acids is 1. The van der Waals surface area contributed by atoms with Gasteiger partial charge in [-0.3, -0.25) is 15.4 Å². The summed E-state index contributed by atoms with van der Waals surface area (Å²) in [5, 5.41) is 19.3. The third-order valence-electron chi connectivity index (χ3n) is 3.60. The van der Waals surface area contributed by atoms with E-state index in [4.69, 9.17) is 0 Å². The van der Waals surface area contributed by atoms with Crippen LogP contribution in [0.2, 0.25) is 0 Å². The Labute approximate surface area is 154 Å². The highest BCUT2D eigenvalue weighted by molar-refractivity contribution is 5.89. The van der Waals surface area contributed by atoms with Crippen molar-refractivity contribution < 1.29 is 9.72 Å². The molecule has 0 radical (unpaired) electrons. The van der Waals surface area contributed by atoms with Crippen molar-refractivity contribution in [3.63, 3.8) is 0 Å². The zero-order valence-corrected chi connectivity index (χ0v) is 14.7. The topological polar surface area (TPSA) is 135 Å². The maximum atomic E-state index is 11.6. The first-order chi connectivity index (χ1) is 13.0. The molecule has 0 bridgehead atoms. The summed E-state index contributed by atoms with van der Waals surface area (Å²) >= 11 is 0. The van der Waals surface area contributed by atoms with Crippen LogP contribution in [-0.4, -0.2) is 32.5 Å². The molecule has 0 atom stereocenters. The molecule has 0 aliphatic rings. The number of hydrogen-bond acceptors (Lipinski definition) is 7. The SMILES string of the molecule is CCNC(=O)Nc1ccc2ncc(Nc3ccc(C)cc3[N+](=O)[O-])nc2n1. The number of nitrogens with one attached hydrogen (secondary N) is 3. The van der Waals surface area contributed by atoms with Crippen LogP contribution in [0.3, 0.4) is 0 Å². The van der Waals surface area contributed by atoms with Gasteiger partial charge in [-0.2, -0.15) is 0 Å². The molecule has 3 rings (SSSR count). The molecule has 0 aliphatic heterocycles. The van der Waals surface area contributed by atoms with Crippen molar-refractivity contribution in [2.45, 2.75) is 13.8 Å². The number of aryl methyl sites for hydroxylation is 1. The molecule has 10 heteroatoms. The molecule has 0 aliphatic carbocycles. The lowest BCUT2D eigenvalue weighted by molar-refractivity contribution is -0.384. The smallest absolute Gasteiger partial charge is 0.320 e. The normalized spacial score (nSPS) is 10.4. The number of fused-ring (bicyclic) bond motifs is 1. The number of urea groups is 1. The van der Waals surface area contributed by atoms with Gasteiger partial charge in [-0.25, -0.2) is 19.7 Å². The molecule has 0 saturated heterocycles. The van der Waals surface area contributed by atoms with Gasteiger partial charge >= 0.3 is 6.03 Å². The van der Waals surface area contributed by atoms with E-state index in [1.165, 1.54) is 12.3 Å². The van der Waals surface area contributed by atoms with Crippen LogP contribution in [0.5, 0.6) is 0 Å². The van der Waals surface area contributed by atoms with E-state index in [1.807, 2.05) is 0 Å².